The molecule has 8 N–H and O–H groups in total. The van der Waals surface area contributed by atoms with Crippen LogP contribution in [0.1, 0.15) is 23.2 Å². The van der Waals surface area contributed by atoms with Crippen molar-refractivity contribution in [1.82, 2.24) is 5.32 Å². The van der Waals surface area contributed by atoms with E-state index in [1.807, 2.05) is 6.07 Å². The molecular weight excluding hydrogens is 294 g/mol. The van der Waals surface area contributed by atoms with Crippen LogP contribution in [0.25, 0.3) is 0 Å². The van der Waals surface area contributed by atoms with Crippen LogP contribution in [0.4, 0.5) is 0 Å². The number of carbonyl (C=O) groups excluding carboxylic acids is 2. The van der Waals surface area contributed by atoms with Gasteiger partial charge in [0.15, 0.2) is 0 Å². The van der Waals surface area contributed by atoms with Crippen molar-refractivity contribution in [2.75, 3.05) is 6.54 Å². The molecule has 0 radical (unpaired) electrons. The van der Waals surface area contributed by atoms with Gasteiger partial charge in [0, 0.05) is 5.56 Å². The molecule has 0 aromatic heterocycles. The van der Waals surface area contributed by atoms with E-state index in [9.17, 15) is 9.59 Å². The molecule has 0 saturated carbocycles. The van der Waals surface area contributed by atoms with Gasteiger partial charge in [0.2, 0.25) is 5.91 Å². The SMILES string of the molecule is NC(=O)C(CCC[NH+]=C(N)N)NC(=O)c1ccccc1.[Cl-]. The molecule has 8 heteroatoms. The number of nitrogens with two attached hydrogens (primary N) is 3. The molecule has 2 amide bonds. The Morgan fingerprint density at radius 2 is 1.76 bits per heavy atom. The van der Waals surface area contributed by atoms with E-state index in [1.54, 1.807) is 24.3 Å². The molecule has 1 unspecified atom stereocenters. The van der Waals surface area contributed by atoms with Crippen molar-refractivity contribution in [3.63, 3.8) is 0 Å². The number of benzene rings is 1. The minimum atomic E-state index is -0.719. The van der Waals surface area contributed by atoms with Crippen molar-refractivity contribution in [2.45, 2.75) is 18.9 Å². The lowest BCUT2D eigenvalue weighted by Crippen LogP contribution is -3.00. The van der Waals surface area contributed by atoms with E-state index in [0.717, 1.165) is 0 Å². The van der Waals surface area contributed by atoms with E-state index in [-0.39, 0.29) is 24.3 Å². The highest BCUT2D eigenvalue weighted by Crippen LogP contribution is 2.01. The van der Waals surface area contributed by atoms with E-state index in [0.29, 0.717) is 24.9 Å². The second-order valence-electron chi connectivity index (χ2n) is 4.32. The number of hydrogen-bond acceptors (Lipinski definition) is 2. The summed E-state index contributed by atoms with van der Waals surface area (Å²) < 4.78 is 0. The molecule has 1 atom stereocenters. The number of nitrogens with one attached hydrogen (secondary N) is 2. The van der Waals surface area contributed by atoms with Crippen LogP contribution in [-0.4, -0.2) is 30.4 Å². The van der Waals surface area contributed by atoms with Crippen molar-refractivity contribution in [3.05, 3.63) is 35.9 Å². The minimum Gasteiger partial charge on any atom is -1.00 e. The van der Waals surface area contributed by atoms with Gasteiger partial charge in [-0.15, -0.1) is 0 Å². The molecule has 21 heavy (non-hydrogen) atoms. The van der Waals surface area contributed by atoms with Crippen LogP contribution in [0.3, 0.4) is 0 Å². The zero-order valence-electron chi connectivity index (χ0n) is 11.5. The maximum absolute atomic E-state index is 11.9. The molecule has 1 aromatic rings. The van der Waals surface area contributed by atoms with Crippen LogP contribution in [0.5, 0.6) is 0 Å². The summed E-state index contributed by atoms with van der Waals surface area (Å²) in [4.78, 5) is 26.0. The minimum absolute atomic E-state index is 0. The first-order valence-corrected chi connectivity index (χ1v) is 6.27. The number of primary amides is 1. The van der Waals surface area contributed by atoms with Gasteiger partial charge >= 0.3 is 5.96 Å². The van der Waals surface area contributed by atoms with Crippen LogP contribution in [-0.2, 0) is 4.79 Å². The lowest BCUT2D eigenvalue weighted by molar-refractivity contribution is -0.459. The molecule has 0 saturated heterocycles. The van der Waals surface area contributed by atoms with Crippen LogP contribution < -0.4 is 39.9 Å². The average molecular weight is 314 g/mol. The fourth-order valence-corrected chi connectivity index (χ4v) is 1.66. The lowest BCUT2D eigenvalue weighted by atomic mass is 10.1. The zero-order valence-corrected chi connectivity index (χ0v) is 12.3. The average Bonchev–Trinajstić information content (AvgIpc) is 2.42. The van der Waals surface area contributed by atoms with Gasteiger partial charge in [0.1, 0.15) is 6.04 Å². The number of rotatable bonds is 7. The van der Waals surface area contributed by atoms with E-state index < -0.39 is 11.9 Å². The number of hydrogen-bond donors (Lipinski definition) is 5. The van der Waals surface area contributed by atoms with Crippen LogP contribution >= 0.6 is 0 Å². The summed E-state index contributed by atoms with van der Waals surface area (Å²) >= 11 is 0. The summed E-state index contributed by atoms with van der Waals surface area (Å²) in [7, 11) is 0. The van der Waals surface area contributed by atoms with Crippen molar-refractivity contribution >= 4 is 17.8 Å². The number of guanidine groups is 1. The van der Waals surface area contributed by atoms with E-state index in [1.165, 1.54) is 0 Å². The molecule has 0 aliphatic rings. The Labute approximate surface area is 129 Å². The Hall–Kier alpha value is -2.28. The summed E-state index contributed by atoms with van der Waals surface area (Å²) in [6.45, 7) is 0.507. The summed E-state index contributed by atoms with van der Waals surface area (Å²) in [5.74, 6) is -0.778. The van der Waals surface area contributed by atoms with Crippen LogP contribution in [0.15, 0.2) is 30.3 Å². The second kappa shape index (κ2) is 9.60. The van der Waals surface area contributed by atoms with Gasteiger partial charge in [0.25, 0.3) is 5.91 Å². The van der Waals surface area contributed by atoms with Gasteiger partial charge in [-0.05, 0) is 25.0 Å². The Morgan fingerprint density at radius 3 is 2.29 bits per heavy atom. The van der Waals surface area contributed by atoms with E-state index in [4.69, 9.17) is 17.2 Å². The maximum Gasteiger partial charge on any atom is 0.338 e. The summed E-state index contributed by atoms with van der Waals surface area (Å²) in [6.07, 6.45) is 1.01. The van der Waals surface area contributed by atoms with E-state index >= 15 is 0 Å². The lowest BCUT2D eigenvalue weighted by Gasteiger charge is -2.14. The molecule has 1 aromatic carbocycles. The standard InChI is InChI=1S/C13H19N5O2.ClH/c14-11(19)10(7-4-8-17-13(15)16)18-12(20)9-5-2-1-3-6-9;/h1-3,5-6,10H,4,7-8H2,(H2,14,19)(H,18,20)(H4,15,16,17);1H. The maximum atomic E-state index is 11.9. The molecule has 0 aliphatic heterocycles. The Morgan fingerprint density at radius 1 is 1.14 bits per heavy atom. The molecule has 7 nitrogen and oxygen atoms in total. The Kier molecular flexibility index (Phi) is 8.55. The second-order valence-corrected chi connectivity index (χ2v) is 4.32. The molecule has 0 fully saturated rings. The predicted octanol–water partition coefficient (Wildman–Crippen LogP) is -5.59. The highest BCUT2D eigenvalue weighted by atomic mass is 35.5. The number of carbonyl (C=O) groups is 2. The smallest absolute Gasteiger partial charge is 0.338 e. The molecule has 0 spiro atoms. The fraction of sp³-hybridized carbons (Fsp3) is 0.308. The quantitative estimate of drug-likeness (QED) is 0.195. The van der Waals surface area contributed by atoms with Crippen molar-refractivity contribution < 1.29 is 27.0 Å². The topological polar surface area (TPSA) is 138 Å². The van der Waals surface area contributed by atoms with Gasteiger partial charge in [0.05, 0.1) is 6.54 Å². The Balaban J connectivity index is 0.00000400. The monoisotopic (exact) mass is 313 g/mol. The molecule has 0 aliphatic carbocycles. The number of amides is 2. The third-order valence-electron chi connectivity index (χ3n) is 2.68. The van der Waals surface area contributed by atoms with Crippen molar-refractivity contribution in [3.8, 4) is 0 Å². The first kappa shape index (κ1) is 18.7. The third-order valence-corrected chi connectivity index (χ3v) is 2.68. The van der Waals surface area contributed by atoms with Crippen molar-refractivity contribution in [1.29, 1.82) is 0 Å². The van der Waals surface area contributed by atoms with Gasteiger partial charge in [-0.2, -0.15) is 0 Å². The first-order valence-electron chi connectivity index (χ1n) is 6.27. The van der Waals surface area contributed by atoms with Crippen LogP contribution in [0.2, 0.25) is 0 Å². The summed E-state index contributed by atoms with van der Waals surface area (Å²) in [6, 6.07) is 7.92. The molecule has 1 rings (SSSR count). The Bertz CT molecular complexity index is 489. The fourth-order valence-electron chi connectivity index (χ4n) is 1.66. The van der Waals surface area contributed by atoms with Gasteiger partial charge < -0.3 is 23.5 Å². The highest BCUT2D eigenvalue weighted by Gasteiger charge is 2.18. The normalized spacial score (nSPS) is 10.9. The van der Waals surface area contributed by atoms with Gasteiger partial charge in [-0.3, -0.25) is 26.0 Å². The summed E-state index contributed by atoms with van der Waals surface area (Å²) in [5.41, 5.74) is 16.3. The van der Waals surface area contributed by atoms with E-state index in [2.05, 4.69) is 10.3 Å². The summed E-state index contributed by atoms with van der Waals surface area (Å²) in [5, 5.41) is 2.61. The molecule has 0 bridgehead atoms. The predicted molar refractivity (Wildman–Crippen MR) is 75.3 cm³/mol. The highest BCUT2D eigenvalue weighted by molar-refractivity contribution is 5.97. The largest absolute Gasteiger partial charge is 1.00 e. The third kappa shape index (κ3) is 7.17. The molecule has 0 heterocycles. The van der Waals surface area contributed by atoms with Crippen molar-refractivity contribution in [2.24, 2.45) is 17.2 Å². The molecule has 116 valence electrons. The number of halogens is 1. The molecular formula is C13H20ClN5O2. The van der Waals surface area contributed by atoms with Crippen LogP contribution in [0, 0.1) is 0 Å². The zero-order chi connectivity index (χ0) is 15.0. The first-order chi connectivity index (χ1) is 9.50. The van der Waals surface area contributed by atoms with Gasteiger partial charge in [-0.1, -0.05) is 18.2 Å². The van der Waals surface area contributed by atoms with Gasteiger partial charge in [-0.25, -0.2) is 0 Å².